The molecule has 3 heterocycles. The van der Waals surface area contributed by atoms with Crippen LogP contribution >= 0.6 is 0 Å². The number of fused-ring (bicyclic) bond motifs is 12. The van der Waals surface area contributed by atoms with E-state index < -0.39 is 0 Å². The average molecular weight is 858 g/mol. The van der Waals surface area contributed by atoms with Crippen LogP contribution in [0.25, 0.3) is 122 Å². The van der Waals surface area contributed by atoms with Gasteiger partial charge in [0, 0.05) is 44.2 Å². The van der Waals surface area contributed by atoms with Gasteiger partial charge in [0.05, 0.1) is 0 Å². The van der Waals surface area contributed by atoms with Crippen molar-refractivity contribution in [1.29, 1.82) is 0 Å². The molecule has 0 bridgehead atoms. The molecule has 67 heavy (non-hydrogen) atoms. The lowest BCUT2D eigenvalue weighted by Gasteiger charge is -2.24. The van der Waals surface area contributed by atoms with Gasteiger partial charge in [0.1, 0.15) is 22.3 Å². The molecule has 0 saturated heterocycles. The standard InChI is InChI=1S/C62H39N3O2/c1-2-14-37(15-3-1)39-19-12-20-43(33-39)60-63-61(49-24-13-27-56-59(49)48-23-9-11-26-55(48)66-56)65-62(64-60)53-36-57-52(45-22-8-10-25-54(45)67-57)35-51(53)47-31-29-42-32-40-17-4-5-18-41(40)34-50(42)46-30-28-38-16-6-7-21-44(38)58(46)47/h1-28,30,32-36,47H,29,31H2. The van der Waals surface area contributed by atoms with Crippen LogP contribution in [0, 0.1) is 0 Å². The van der Waals surface area contributed by atoms with Crippen molar-refractivity contribution in [2.45, 2.75) is 18.8 Å². The summed E-state index contributed by atoms with van der Waals surface area (Å²) in [7, 11) is 0. The van der Waals surface area contributed by atoms with Crippen molar-refractivity contribution in [3.63, 3.8) is 0 Å². The van der Waals surface area contributed by atoms with Crippen molar-refractivity contribution < 1.29 is 8.83 Å². The molecule has 10 aromatic carbocycles. The van der Waals surface area contributed by atoms with Gasteiger partial charge in [-0.25, -0.2) is 15.0 Å². The molecule has 0 amide bonds. The molecule has 0 N–H and O–H groups in total. The van der Waals surface area contributed by atoms with Crippen LogP contribution in [-0.2, 0) is 6.42 Å². The molecule has 5 heteroatoms. The predicted molar refractivity (Wildman–Crippen MR) is 273 cm³/mol. The maximum atomic E-state index is 6.72. The number of hydrogen-bond donors (Lipinski definition) is 0. The van der Waals surface area contributed by atoms with Crippen molar-refractivity contribution in [3.8, 4) is 56.4 Å². The Bertz CT molecular complexity index is 4130. The normalized spacial score (nSPS) is 13.7. The van der Waals surface area contributed by atoms with Crippen LogP contribution in [0.1, 0.15) is 29.0 Å². The zero-order valence-electron chi connectivity index (χ0n) is 36.3. The predicted octanol–water partition coefficient (Wildman–Crippen LogP) is 16.4. The first-order valence-corrected chi connectivity index (χ1v) is 23.0. The second kappa shape index (κ2) is 14.9. The average Bonchev–Trinajstić information content (AvgIpc) is 3.91. The number of hydrogen-bond acceptors (Lipinski definition) is 5. The van der Waals surface area contributed by atoms with Crippen LogP contribution < -0.4 is 0 Å². The summed E-state index contributed by atoms with van der Waals surface area (Å²) in [6.45, 7) is 0. The number of para-hydroxylation sites is 2. The molecule has 5 nitrogen and oxygen atoms in total. The van der Waals surface area contributed by atoms with Gasteiger partial charge in [0.15, 0.2) is 17.5 Å². The Morgan fingerprint density at radius 3 is 1.84 bits per heavy atom. The van der Waals surface area contributed by atoms with Gasteiger partial charge in [-0.3, -0.25) is 0 Å². The first-order valence-electron chi connectivity index (χ1n) is 23.0. The van der Waals surface area contributed by atoms with Crippen molar-refractivity contribution in [2.75, 3.05) is 0 Å². The second-order valence-corrected chi connectivity index (χ2v) is 17.8. The molecule has 1 aliphatic rings. The third kappa shape index (κ3) is 6.12. The highest BCUT2D eigenvalue weighted by atomic mass is 16.3. The minimum absolute atomic E-state index is 0.0315. The summed E-state index contributed by atoms with van der Waals surface area (Å²) in [6, 6.07) is 73.3. The summed E-state index contributed by atoms with van der Waals surface area (Å²) in [6.07, 6.45) is 1.78. The molecule has 3 aromatic heterocycles. The fourth-order valence-corrected chi connectivity index (χ4v) is 10.9. The minimum Gasteiger partial charge on any atom is -0.456 e. The fourth-order valence-electron chi connectivity index (χ4n) is 10.9. The lowest BCUT2D eigenvalue weighted by atomic mass is 9.80. The SMILES string of the molecule is c1ccc(-c2cccc(-c3nc(-c4cc5oc6ccccc6c5cc4C4CCc5cc6ccccc6cc5-c5ccc6ccccc6c54)nc(-c4cccc5oc6ccccc6c45)n3)c2)cc1. The van der Waals surface area contributed by atoms with E-state index in [1.54, 1.807) is 0 Å². The molecule has 13 aromatic rings. The van der Waals surface area contributed by atoms with Gasteiger partial charge in [-0.15, -0.1) is 0 Å². The molecular formula is C62H39N3O2. The van der Waals surface area contributed by atoms with Crippen molar-refractivity contribution >= 4 is 65.4 Å². The molecular weight excluding hydrogens is 819 g/mol. The Hall–Kier alpha value is -8.67. The molecule has 0 aliphatic heterocycles. The number of rotatable bonds is 5. The maximum absolute atomic E-state index is 6.72. The molecule has 0 radical (unpaired) electrons. The minimum atomic E-state index is -0.0315. The van der Waals surface area contributed by atoms with Crippen molar-refractivity contribution in [1.82, 2.24) is 15.0 Å². The smallest absolute Gasteiger partial charge is 0.164 e. The van der Waals surface area contributed by atoms with E-state index in [2.05, 4.69) is 170 Å². The maximum Gasteiger partial charge on any atom is 0.164 e. The van der Waals surface area contributed by atoms with Crippen LogP contribution in [0.5, 0.6) is 0 Å². The lowest BCUT2D eigenvalue weighted by Crippen LogP contribution is -2.08. The third-order valence-electron chi connectivity index (χ3n) is 14.0. The highest BCUT2D eigenvalue weighted by Gasteiger charge is 2.30. The molecule has 314 valence electrons. The van der Waals surface area contributed by atoms with Crippen LogP contribution in [0.15, 0.2) is 215 Å². The second-order valence-electron chi connectivity index (χ2n) is 17.8. The molecule has 1 aliphatic carbocycles. The van der Waals surface area contributed by atoms with Crippen molar-refractivity contribution in [2.24, 2.45) is 0 Å². The van der Waals surface area contributed by atoms with Gasteiger partial charge in [0.2, 0.25) is 0 Å². The Labute approximate surface area is 385 Å². The Morgan fingerprint density at radius 2 is 0.985 bits per heavy atom. The largest absolute Gasteiger partial charge is 0.456 e. The van der Waals surface area contributed by atoms with Crippen LogP contribution in [0.2, 0.25) is 0 Å². The highest BCUT2D eigenvalue weighted by molar-refractivity contribution is 6.12. The number of aryl methyl sites for hydroxylation is 1. The van der Waals surface area contributed by atoms with Gasteiger partial charge in [-0.1, -0.05) is 164 Å². The lowest BCUT2D eigenvalue weighted by molar-refractivity contribution is 0.668. The molecule has 0 fully saturated rings. The van der Waals surface area contributed by atoms with E-state index in [1.165, 1.54) is 43.8 Å². The van der Waals surface area contributed by atoms with E-state index in [-0.39, 0.29) is 5.92 Å². The van der Waals surface area contributed by atoms with E-state index in [4.69, 9.17) is 23.8 Å². The van der Waals surface area contributed by atoms with Gasteiger partial charge in [-0.05, 0) is 116 Å². The summed E-state index contributed by atoms with van der Waals surface area (Å²) in [5.74, 6) is 1.71. The Kier molecular flexibility index (Phi) is 8.40. The van der Waals surface area contributed by atoms with Gasteiger partial charge in [-0.2, -0.15) is 0 Å². The molecule has 1 unspecified atom stereocenters. The molecule has 0 spiro atoms. The number of furan rings is 2. The summed E-state index contributed by atoms with van der Waals surface area (Å²) < 4.78 is 13.2. The monoisotopic (exact) mass is 857 g/mol. The van der Waals surface area contributed by atoms with Crippen LogP contribution in [0.4, 0.5) is 0 Å². The van der Waals surface area contributed by atoms with E-state index in [0.29, 0.717) is 17.5 Å². The number of nitrogens with zero attached hydrogens (tertiary/aromatic N) is 3. The number of aromatic nitrogens is 3. The fraction of sp³-hybridized carbons (Fsp3) is 0.0484. The summed E-state index contributed by atoms with van der Waals surface area (Å²) in [5, 5.41) is 9.12. The Morgan fingerprint density at radius 1 is 0.358 bits per heavy atom. The van der Waals surface area contributed by atoms with E-state index in [0.717, 1.165) is 90.1 Å². The molecule has 0 saturated carbocycles. The molecule has 1 atom stereocenters. The summed E-state index contributed by atoms with van der Waals surface area (Å²) in [5.41, 5.74) is 14.5. The quantitative estimate of drug-likeness (QED) is 0.172. The zero-order valence-corrected chi connectivity index (χ0v) is 36.3. The Balaban J connectivity index is 1.07. The highest BCUT2D eigenvalue weighted by Crippen LogP contribution is 2.49. The van der Waals surface area contributed by atoms with Crippen LogP contribution in [0.3, 0.4) is 0 Å². The first kappa shape index (κ1) is 37.7. The summed E-state index contributed by atoms with van der Waals surface area (Å²) >= 11 is 0. The van der Waals surface area contributed by atoms with Crippen LogP contribution in [-0.4, -0.2) is 15.0 Å². The summed E-state index contributed by atoms with van der Waals surface area (Å²) in [4.78, 5) is 16.4. The van der Waals surface area contributed by atoms with Crippen molar-refractivity contribution in [3.05, 3.63) is 223 Å². The topological polar surface area (TPSA) is 65.0 Å². The van der Waals surface area contributed by atoms with Gasteiger partial charge < -0.3 is 8.83 Å². The molecule has 14 rings (SSSR count). The number of benzene rings is 10. The van der Waals surface area contributed by atoms with Gasteiger partial charge in [0.25, 0.3) is 0 Å². The third-order valence-corrected chi connectivity index (χ3v) is 14.0. The van der Waals surface area contributed by atoms with E-state index >= 15 is 0 Å². The van der Waals surface area contributed by atoms with E-state index in [9.17, 15) is 0 Å². The van der Waals surface area contributed by atoms with Gasteiger partial charge >= 0.3 is 0 Å². The zero-order chi connectivity index (χ0) is 44.0. The first-order chi connectivity index (χ1) is 33.2. The van der Waals surface area contributed by atoms with E-state index in [1.807, 2.05) is 36.4 Å².